The van der Waals surface area contributed by atoms with Crippen LogP contribution in [0.15, 0.2) is 12.7 Å². The van der Waals surface area contributed by atoms with E-state index in [1.807, 2.05) is 0 Å². The molecule has 0 aliphatic rings. The number of rotatable bonds is 3. The van der Waals surface area contributed by atoms with E-state index < -0.39 is 0 Å². The monoisotopic (exact) mass is 187 g/mol. The molecule has 0 rings (SSSR count). The Labute approximate surface area is 76.4 Å². The molecule has 0 N–H and O–H groups in total. The van der Waals surface area contributed by atoms with Crippen LogP contribution in [0.1, 0.15) is 12.8 Å². The van der Waals surface area contributed by atoms with Crippen LogP contribution in [0.3, 0.4) is 0 Å². The normalized spacial score (nSPS) is 5.50. The Balaban J connectivity index is -0.000000125. The van der Waals surface area contributed by atoms with Crippen LogP contribution in [-0.4, -0.2) is 6.29 Å². The molecule has 0 bridgehead atoms. The SMILES string of the molecule is C=CCC[C-]=O.[CH3-].[Y]. The van der Waals surface area contributed by atoms with Crippen molar-refractivity contribution in [3.05, 3.63) is 20.1 Å². The zero-order valence-corrected chi connectivity index (χ0v) is 8.02. The van der Waals surface area contributed by atoms with Crippen LogP contribution in [0.5, 0.6) is 0 Å². The molecule has 0 saturated carbocycles. The smallest absolute Gasteiger partial charge is 0 e. The van der Waals surface area contributed by atoms with Gasteiger partial charge in [-0.2, -0.15) is 0 Å². The van der Waals surface area contributed by atoms with Crippen molar-refractivity contribution in [2.75, 3.05) is 0 Å². The van der Waals surface area contributed by atoms with Crippen molar-refractivity contribution in [1.29, 1.82) is 0 Å². The molecule has 0 aliphatic carbocycles. The molecule has 0 aliphatic heterocycles. The minimum atomic E-state index is 0. The van der Waals surface area contributed by atoms with Gasteiger partial charge in [-0.05, 0) is 0 Å². The Hall–Kier alpha value is 0.514. The first kappa shape index (κ1) is 15.8. The first-order chi connectivity index (χ1) is 2.91. The molecule has 2 heteroatoms. The first-order valence-electron chi connectivity index (χ1n) is 1.87. The van der Waals surface area contributed by atoms with Gasteiger partial charge in [0.25, 0.3) is 0 Å². The van der Waals surface area contributed by atoms with Crippen LogP contribution in [0.25, 0.3) is 0 Å². The van der Waals surface area contributed by atoms with Crippen molar-refractivity contribution in [2.45, 2.75) is 12.8 Å². The average molecular weight is 187 g/mol. The van der Waals surface area contributed by atoms with Gasteiger partial charge in [0, 0.05) is 32.7 Å². The molecule has 0 heterocycles. The molecule has 45 valence electrons. The molecule has 1 nitrogen and oxygen atoms in total. The van der Waals surface area contributed by atoms with Gasteiger partial charge in [0.15, 0.2) is 0 Å². The summed E-state index contributed by atoms with van der Waals surface area (Å²) in [7, 11) is 0. The molecular formula is C6H10OY-2. The molecule has 0 spiro atoms. The summed E-state index contributed by atoms with van der Waals surface area (Å²) < 4.78 is 0. The second-order valence-electron chi connectivity index (χ2n) is 0.972. The Morgan fingerprint density at radius 2 is 2.12 bits per heavy atom. The van der Waals surface area contributed by atoms with E-state index in [1.54, 1.807) is 12.4 Å². The van der Waals surface area contributed by atoms with Gasteiger partial charge in [0.2, 0.25) is 0 Å². The summed E-state index contributed by atoms with van der Waals surface area (Å²) in [6.45, 7) is 3.42. The van der Waals surface area contributed by atoms with Crippen molar-refractivity contribution < 1.29 is 37.5 Å². The zero-order valence-electron chi connectivity index (χ0n) is 5.18. The summed E-state index contributed by atoms with van der Waals surface area (Å²) in [5, 5.41) is 0. The maximum atomic E-state index is 9.39. The van der Waals surface area contributed by atoms with Gasteiger partial charge >= 0.3 is 0 Å². The van der Waals surface area contributed by atoms with Crippen molar-refractivity contribution in [3.8, 4) is 0 Å². The number of unbranched alkanes of at least 4 members (excludes halogenated alkanes) is 1. The van der Waals surface area contributed by atoms with Gasteiger partial charge in [-0.3, -0.25) is 6.29 Å². The quantitative estimate of drug-likeness (QED) is 0.371. The minimum absolute atomic E-state index is 0. The van der Waals surface area contributed by atoms with E-state index >= 15 is 0 Å². The minimum Gasteiger partial charge on any atom is -0.542 e. The summed E-state index contributed by atoms with van der Waals surface area (Å²) in [6, 6.07) is 0. The van der Waals surface area contributed by atoms with Crippen LogP contribution in [-0.2, 0) is 37.5 Å². The molecule has 8 heavy (non-hydrogen) atoms. The Morgan fingerprint density at radius 1 is 1.62 bits per heavy atom. The van der Waals surface area contributed by atoms with E-state index in [0.29, 0.717) is 6.42 Å². The van der Waals surface area contributed by atoms with E-state index in [9.17, 15) is 4.79 Å². The average Bonchev–Trinajstić information content (AvgIpc) is 1.61. The molecule has 0 amide bonds. The second kappa shape index (κ2) is 15.6. The Morgan fingerprint density at radius 3 is 2.25 bits per heavy atom. The van der Waals surface area contributed by atoms with Gasteiger partial charge < -0.3 is 12.2 Å². The van der Waals surface area contributed by atoms with Crippen molar-refractivity contribution in [2.24, 2.45) is 0 Å². The van der Waals surface area contributed by atoms with Gasteiger partial charge in [-0.15, -0.1) is 13.0 Å². The zero-order chi connectivity index (χ0) is 4.83. The van der Waals surface area contributed by atoms with E-state index in [-0.39, 0.29) is 40.1 Å². The molecule has 0 unspecified atom stereocenters. The summed E-state index contributed by atoms with van der Waals surface area (Å²) >= 11 is 0. The third-order valence-electron chi connectivity index (χ3n) is 0.451. The van der Waals surface area contributed by atoms with E-state index in [1.165, 1.54) is 0 Å². The van der Waals surface area contributed by atoms with E-state index in [0.717, 1.165) is 6.42 Å². The number of allylic oxidation sites excluding steroid dienone is 1. The largest absolute Gasteiger partial charge is 0.542 e. The predicted molar refractivity (Wildman–Crippen MR) is 31.5 cm³/mol. The fourth-order valence-electron chi connectivity index (χ4n) is 0.161. The molecule has 0 aromatic rings. The number of hydrogen-bond acceptors (Lipinski definition) is 1. The molecule has 0 atom stereocenters. The molecular weight excluding hydrogens is 177 g/mol. The van der Waals surface area contributed by atoms with Crippen LogP contribution in [0.2, 0.25) is 0 Å². The summed E-state index contributed by atoms with van der Waals surface area (Å²) in [5.41, 5.74) is 0. The van der Waals surface area contributed by atoms with Gasteiger partial charge in [-0.25, -0.2) is 0 Å². The summed E-state index contributed by atoms with van der Waals surface area (Å²) in [6.07, 6.45) is 4.69. The summed E-state index contributed by atoms with van der Waals surface area (Å²) in [4.78, 5) is 9.39. The molecule has 1 radical (unpaired) electrons. The summed E-state index contributed by atoms with van der Waals surface area (Å²) in [5.74, 6) is 0. The van der Waals surface area contributed by atoms with Crippen molar-refractivity contribution in [3.63, 3.8) is 0 Å². The Bertz CT molecular complexity index is 44.5. The fourth-order valence-corrected chi connectivity index (χ4v) is 0.161. The van der Waals surface area contributed by atoms with Gasteiger partial charge in [0.05, 0.1) is 0 Å². The van der Waals surface area contributed by atoms with Crippen LogP contribution >= 0.6 is 0 Å². The van der Waals surface area contributed by atoms with E-state index in [4.69, 9.17) is 0 Å². The van der Waals surface area contributed by atoms with Crippen LogP contribution in [0, 0.1) is 7.43 Å². The van der Waals surface area contributed by atoms with Crippen LogP contribution < -0.4 is 0 Å². The number of carbonyl (C=O) groups excluding carboxylic acids is 1. The third-order valence-corrected chi connectivity index (χ3v) is 0.451. The predicted octanol–water partition coefficient (Wildman–Crippen LogP) is 1.51. The van der Waals surface area contributed by atoms with Crippen molar-refractivity contribution >= 4 is 6.29 Å². The standard InChI is InChI=1S/C5H7O.CH3.Y/c1-2-3-4-5-6;;/h2H,1,3-4H2;1H3;/q2*-1;. The first-order valence-corrected chi connectivity index (χ1v) is 1.87. The number of hydrogen-bond donors (Lipinski definition) is 0. The maximum Gasteiger partial charge on any atom is 0 e. The van der Waals surface area contributed by atoms with Crippen molar-refractivity contribution in [1.82, 2.24) is 0 Å². The van der Waals surface area contributed by atoms with Crippen LogP contribution in [0.4, 0.5) is 0 Å². The van der Waals surface area contributed by atoms with Gasteiger partial charge in [-0.1, -0.05) is 12.5 Å². The fraction of sp³-hybridized carbons (Fsp3) is 0.333. The van der Waals surface area contributed by atoms with E-state index in [2.05, 4.69) is 6.58 Å². The maximum absolute atomic E-state index is 9.39. The topological polar surface area (TPSA) is 17.1 Å². The third kappa shape index (κ3) is 16.0. The van der Waals surface area contributed by atoms with Gasteiger partial charge in [0.1, 0.15) is 0 Å². The second-order valence-corrected chi connectivity index (χ2v) is 0.972. The Kier molecular flexibility index (Phi) is 30.9. The molecule has 0 fully saturated rings. The molecule has 0 aromatic heterocycles. The molecule has 0 aromatic carbocycles. The molecule has 0 saturated heterocycles.